The van der Waals surface area contributed by atoms with Gasteiger partial charge in [0, 0.05) is 19.7 Å². The van der Waals surface area contributed by atoms with E-state index < -0.39 is 0 Å². The van der Waals surface area contributed by atoms with E-state index in [9.17, 15) is 0 Å². The molecule has 1 aromatic carbocycles. The van der Waals surface area contributed by atoms with Crippen LogP contribution in [0, 0.1) is 20.8 Å². The van der Waals surface area contributed by atoms with Crippen LogP contribution in [0.3, 0.4) is 0 Å². The highest BCUT2D eigenvalue weighted by molar-refractivity contribution is 5.37. The normalized spacial score (nSPS) is 10.9. The quantitative estimate of drug-likeness (QED) is 0.712. The molecule has 0 aromatic heterocycles. The van der Waals surface area contributed by atoms with Crippen molar-refractivity contribution in [2.75, 3.05) is 19.8 Å². The molecule has 0 saturated carbocycles. The smallest absolute Gasteiger partial charge is 0.0591 e. The maximum atomic E-state index is 5.53. The second kappa shape index (κ2) is 8.28. The lowest BCUT2D eigenvalue weighted by atomic mass is 10.00. The van der Waals surface area contributed by atoms with Gasteiger partial charge in [-0.15, -0.1) is 0 Å². The van der Waals surface area contributed by atoms with Crippen molar-refractivity contribution >= 4 is 0 Å². The van der Waals surface area contributed by atoms with Crippen molar-refractivity contribution in [3.63, 3.8) is 0 Å². The van der Waals surface area contributed by atoms with E-state index in [1.165, 1.54) is 28.7 Å². The molecule has 0 aliphatic rings. The van der Waals surface area contributed by atoms with Crippen LogP contribution in [-0.4, -0.2) is 19.8 Å². The minimum absolute atomic E-state index is 0.809. The van der Waals surface area contributed by atoms with Gasteiger partial charge in [0.25, 0.3) is 0 Å². The minimum Gasteiger partial charge on any atom is -0.380 e. The number of nitrogens with one attached hydrogen (secondary N) is 1. The van der Waals surface area contributed by atoms with Gasteiger partial charge in [0.15, 0.2) is 0 Å². The first-order valence-corrected chi connectivity index (χ1v) is 7.00. The third-order valence-corrected chi connectivity index (χ3v) is 3.21. The Balaban J connectivity index is 2.27. The van der Waals surface area contributed by atoms with Crippen LogP contribution in [0.4, 0.5) is 0 Å². The summed E-state index contributed by atoms with van der Waals surface area (Å²) in [4.78, 5) is 0. The standard InChI is InChI=1S/C16H27NO/c1-5-6-8-18-9-7-17-12-16-14(3)10-13(2)11-15(16)4/h10-11,17H,5-9,12H2,1-4H3. The zero-order valence-electron chi connectivity index (χ0n) is 12.3. The second-order valence-electron chi connectivity index (χ2n) is 5.02. The van der Waals surface area contributed by atoms with Gasteiger partial charge in [-0.1, -0.05) is 31.0 Å². The topological polar surface area (TPSA) is 21.3 Å². The lowest BCUT2D eigenvalue weighted by molar-refractivity contribution is 0.133. The molecule has 1 N–H and O–H groups in total. The van der Waals surface area contributed by atoms with Crippen molar-refractivity contribution < 1.29 is 4.74 Å². The fraction of sp³-hybridized carbons (Fsp3) is 0.625. The van der Waals surface area contributed by atoms with Gasteiger partial charge in [-0.2, -0.15) is 0 Å². The molecule has 2 heteroatoms. The van der Waals surface area contributed by atoms with Gasteiger partial charge < -0.3 is 10.1 Å². The molecule has 102 valence electrons. The summed E-state index contributed by atoms with van der Waals surface area (Å²) < 4.78 is 5.53. The molecular weight excluding hydrogens is 222 g/mol. The number of rotatable bonds is 8. The Morgan fingerprint density at radius 3 is 2.33 bits per heavy atom. The third-order valence-electron chi connectivity index (χ3n) is 3.21. The second-order valence-corrected chi connectivity index (χ2v) is 5.02. The molecule has 0 radical (unpaired) electrons. The minimum atomic E-state index is 0.809. The number of aryl methyl sites for hydroxylation is 3. The summed E-state index contributed by atoms with van der Waals surface area (Å²) >= 11 is 0. The van der Waals surface area contributed by atoms with Crippen LogP contribution >= 0.6 is 0 Å². The Bertz CT molecular complexity index is 337. The summed E-state index contributed by atoms with van der Waals surface area (Å²) in [5.41, 5.74) is 5.53. The summed E-state index contributed by atoms with van der Waals surface area (Å²) in [7, 11) is 0. The fourth-order valence-corrected chi connectivity index (χ4v) is 2.19. The number of hydrogen-bond acceptors (Lipinski definition) is 2. The first kappa shape index (κ1) is 15.2. The summed E-state index contributed by atoms with van der Waals surface area (Å²) in [5.74, 6) is 0. The van der Waals surface area contributed by atoms with Crippen LogP contribution in [-0.2, 0) is 11.3 Å². The van der Waals surface area contributed by atoms with E-state index in [0.717, 1.165) is 32.7 Å². The molecule has 0 bridgehead atoms. The lowest BCUT2D eigenvalue weighted by Gasteiger charge is -2.12. The van der Waals surface area contributed by atoms with Crippen LogP contribution in [0.15, 0.2) is 12.1 Å². The molecule has 0 saturated heterocycles. The van der Waals surface area contributed by atoms with Gasteiger partial charge in [0.05, 0.1) is 6.61 Å². The van der Waals surface area contributed by atoms with Crippen molar-refractivity contribution in [3.8, 4) is 0 Å². The maximum Gasteiger partial charge on any atom is 0.0591 e. The van der Waals surface area contributed by atoms with Gasteiger partial charge in [0.2, 0.25) is 0 Å². The summed E-state index contributed by atoms with van der Waals surface area (Å²) in [5, 5.41) is 3.45. The predicted molar refractivity (Wildman–Crippen MR) is 78.1 cm³/mol. The SMILES string of the molecule is CCCCOCCNCc1c(C)cc(C)cc1C. The van der Waals surface area contributed by atoms with Crippen LogP contribution in [0.5, 0.6) is 0 Å². The summed E-state index contributed by atoms with van der Waals surface area (Å²) in [6, 6.07) is 4.50. The number of hydrogen-bond donors (Lipinski definition) is 1. The van der Waals surface area contributed by atoms with Crippen LogP contribution in [0.25, 0.3) is 0 Å². The Morgan fingerprint density at radius 2 is 1.72 bits per heavy atom. The van der Waals surface area contributed by atoms with Gasteiger partial charge in [-0.25, -0.2) is 0 Å². The molecule has 0 amide bonds. The number of ether oxygens (including phenoxy) is 1. The van der Waals surface area contributed by atoms with E-state index in [-0.39, 0.29) is 0 Å². The highest BCUT2D eigenvalue weighted by atomic mass is 16.5. The Kier molecular flexibility index (Phi) is 6.99. The molecule has 2 nitrogen and oxygen atoms in total. The summed E-state index contributed by atoms with van der Waals surface area (Å²) in [6.45, 7) is 12.3. The predicted octanol–water partition coefficient (Wildman–Crippen LogP) is 3.52. The highest BCUT2D eigenvalue weighted by Crippen LogP contribution is 2.15. The Morgan fingerprint density at radius 1 is 1.06 bits per heavy atom. The monoisotopic (exact) mass is 249 g/mol. The number of unbranched alkanes of at least 4 members (excludes halogenated alkanes) is 1. The molecular formula is C16H27NO. The van der Waals surface area contributed by atoms with Crippen molar-refractivity contribution in [3.05, 3.63) is 34.4 Å². The molecule has 0 spiro atoms. The largest absolute Gasteiger partial charge is 0.380 e. The summed E-state index contributed by atoms with van der Waals surface area (Å²) in [6.07, 6.45) is 2.37. The van der Waals surface area contributed by atoms with Crippen LogP contribution < -0.4 is 5.32 Å². The zero-order valence-corrected chi connectivity index (χ0v) is 12.3. The maximum absolute atomic E-state index is 5.53. The third kappa shape index (κ3) is 5.19. The Labute approximate surface area is 112 Å². The molecule has 0 aliphatic heterocycles. The average molecular weight is 249 g/mol. The van der Waals surface area contributed by atoms with Crippen molar-refractivity contribution in [2.24, 2.45) is 0 Å². The molecule has 0 aliphatic carbocycles. The van der Waals surface area contributed by atoms with E-state index in [0.29, 0.717) is 0 Å². The van der Waals surface area contributed by atoms with Crippen LogP contribution in [0.2, 0.25) is 0 Å². The molecule has 1 aromatic rings. The van der Waals surface area contributed by atoms with Gasteiger partial charge in [-0.3, -0.25) is 0 Å². The van der Waals surface area contributed by atoms with Crippen molar-refractivity contribution in [1.82, 2.24) is 5.32 Å². The first-order chi connectivity index (χ1) is 8.65. The average Bonchev–Trinajstić information content (AvgIpc) is 2.30. The highest BCUT2D eigenvalue weighted by Gasteiger charge is 2.02. The molecule has 0 atom stereocenters. The number of benzene rings is 1. The Hall–Kier alpha value is -0.860. The molecule has 18 heavy (non-hydrogen) atoms. The first-order valence-electron chi connectivity index (χ1n) is 7.00. The van der Waals surface area contributed by atoms with Crippen molar-refractivity contribution in [2.45, 2.75) is 47.1 Å². The lowest BCUT2D eigenvalue weighted by Crippen LogP contribution is -2.20. The van der Waals surface area contributed by atoms with E-state index in [1.54, 1.807) is 0 Å². The van der Waals surface area contributed by atoms with E-state index in [2.05, 4.69) is 45.1 Å². The van der Waals surface area contributed by atoms with Gasteiger partial charge in [-0.05, 0) is 43.9 Å². The molecule has 0 heterocycles. The van der Waals surface area contributed by atoms with Gasteiger partial charge in [0.1, 0.15) is 0 Å². The van der Waals surface area contributed by atoms with Crippen LogP contribution in [0.1, 0.15) is 42.0 Å². The molecule has 0 fully saturated rings. The van der Waals surface area contributed by atoms with E-state index in [4.69, 9.17) is 4.74 Å². The van der Waals surface area contributed by atoms with E-state index >= 15 is 0 Å². The molecule has 1 rings (SSSR count). The molecule has 0 unspecified atom stereocenters. The van der Waals surface area contributed by atoms with E-state index in [1.807, 2.05) is 0 Å². The zero-order chi connectivity index (χ0) is 13.4. The van der Waals surface area contributed by atoms with Gasteiger partial charge >= 0.3 is 0 Å². The fourth-order valence-electron chi connectivity index (χ4n) is 2.19. The van der Waals surface area contributed by atoms with Crippen molar-refractivity contribution in [1.29, 1.82) is 0 Å².